The zero-order valence-electron chi connectivity index (χ0n) is 13.1. The molecule has 1 fully saturated rings. The standard InChI is InChI=1S/C17H24BrNO3/c1-2-19(13-16-8-4-10-22-16)17(20)9-5-11-21-15-7-3-6-14(18)12-15/h3,6-7,12,16H,2,4-5,8-11,13H2,1H3. The Morgan fingerprint density at radius 3 is 3.05 bits per heavy atom. The van der Waals surface area contributed by atoms with Gasteiger partial charge in [0.05, 0.1) is 12.7 Å². The molecule has 1 amide bonds. The zero-order valence-corrected chi connectivity index (χ0v) is 14.7. The molecule has 0 bridgehead atoms. The number of carbonyl (C=O) groups excluding carboxylic acids is 1. The lowest BCUT2D eigenvalue weighted by atomic mass is 10.2. The molecule has 0 aromatic heterocycles. The van der Waals surface area contributed by atoms with Crippen molar-refractivity contribution in [3.8, 4) is 5.75 Å². The van der Waals surface area contributed by atoms with Gasteiger partial charge in [-0.05, 0) is 44.4 Å². The third-order valence-electron chi connectivity index (χ3n) is 3.78. The summed E-state index contributed by atoms with van der Waals surface area (Å²) in [5, 5.41) is 0. The van der Waals surface area contributed by atoms with E-state index in [9.17, 15) is 4.79 Å². The maximum Gasteiger partial charge on any atom is 0.222 e. The van der Waals surface area contributed by atoms with Gasteiger partial charge in [0.25, 0.3) is 0 Å². The molecule has 1 saturated heterocycles. The zero-order chi connectivity index (χ0) is 15.8. The molecule has 1 aliphatic heterocycles. The van der Waals surface area contributed by atoms with Crippen LogP contribution in [0.4, 0.5) is 0 Å². The minimum atomic E-state index is 0.191. The van der Waals surface area contributed by atoms with Gasteiger partial charge in [0.2, 0.25) is 5.91 Å². The number of rotatable bonds is 8. The summed E-state index contributed by atoms with van der Waals surface area (Å²) in [6.45, 7) is 4.87. The minimum absolute atomic E-state index is 0.191. The van der Waals surface area contributed by atoms with E-state index in [-0.39, 0.29) is 12.0 Å². The second-order valence-corrected chi connectivity index (χ2v) is 6.39. The molecule has 1 unspecified atom stereocenters. The fraction of sp³-hybridized carbons (Fsp3) is 0.588. The average molecular weight is 370 g/mol. The second kappa shape index (κ2) is 9.16. The molecule has 4 nitrogen and oxygen atoms in total. The number of hydrogen-bond donors (Lipinski definition) is 0. The molecule has 2 rings (SSSR count). The molecule has 0 N–H and O–H groups in total. The normalized spacial score (nSPS) is 17.5. The lowest BCUT2D eigenvalue weighted by Gasteiger charge is -2.24. The van der Waals surface area contributed by atoms with Gasteiger partial charge >= 0.3 is 0 Å². The summed E-state index contributed by atoms with van der Waals surface area (Å²) in [6.07, 6.45) is 3.65. The van der Waals surface area contributed by atoms with Gasteiger partial charge in [-0.25, -0.2) is 0 Å². The van der Waals surface area contributed by atoms with Crippen molar-refractivity contribution in [3.05, 3.63) is 28.7 Å². The van der Waals surface area contributed by atoms with E-state index in [1.165, 1.54) is 0 Å². The summed E-state index contributed by atoms with van der Waals surface area (Å²) in [4.78, 5) is 14.1. The Kier molecular flexibility index (Phi) is 7.19. The van der Waals surface area contributed by atoms with Gasteiger partial charge in [0.15, 0.2) is 0 Å². The second-order valence-electron chi connectivity index (χ2n) is 5.48. The number of ether oxygens (including phenoxy) is 2. The third-order valence-corrected chi connectivity index (χ3v) is 4.28. The molecule has 122 valence electrons. The molecule has 1 aromatic rings. The van der Waals surface area contributed by atoms with E-state index in [4.69, 9.17) is 9.47 Å². The summed E-state index contributed by atoms with van der Waals surface area (Å²) in [7, 11) is 0. The molecule has 1 heterocycles. The molecule has 1 aliphatic rings. The molecule has 0 radical (unpaired) electrons. The third kappa shape index (κ3) is 5.61. The summed E-state index contributed by atoms with van der Waals surface area (Å²) >= 11 is 3.41. The van der Waals surface area contributed by atoms with Crippen LogP contribution in [0.1, 0.15) is 32.6 Å². The maximum absolute atomic E-state index is 12.2. The Morgan fingerprint density at radius 1 is 1.50 bits per heavy atom. The quantitative estimate of drug-likeness (QED) is 0.656. The number of benzene rings is 1. The Morgan fingerprint density at radius 2 is 2.36 bits per heavy atom. The van der Waals surface area contributed by atoms with E-state index < -0.39 is 0 Å². The highest BCUT2D eigenvalue weighted by atomic mass is 79.9. The maximum atomic E-state index is 12.2. The van der Waals surface area contributed by atoms with Gasteiger partial charge in [-0.1, -0.05) is 22.0 Å². The topological polar surface area (TPSA) is 38.8 Å². The summed E-state index contributed by atoms with van der Waals surface area (Å²) in [5.41, 5.74) is 0. The van der Waals surface area contributed by atoms with Crippen LogP contribution in [-0.4, -0.2) is 43.2 Å². The first-order chi connectivity index (χ1) is 10.7. The van der Waals surface area contributed by atoms with E-state index in [1.807, 2.05) is 36.1 Å². The number of amides is 1. The van der Waals surface area contributed by atoms with Gasteiger partial charge in [-0.2, -0.15) is 0 Å². The molecule has 22 heavy (non-hydrogen) atoms. The highest BCUT2D eigenvalue weighted by Gasteiger charge is 2.21. The van der Waals surface area contributed by atoms with Crippen LogP contribution in [0.2, 0.25) is 0 Å². The van der Waals surface area contributed by atoms with E-state index in [0.29, 0.717) is 13.0 Å². The van der Waals surface area contributed by atoms with Gasteiger partial charge in [0.1, 0.15) is 5.75 Å². The Labute approximate surface area is 140 Å². The van der Waals surface area contributed by atoms with Crippen molar-refractivity contribution < 1.29 is 14.3 Å². The summed E-state index contributed by atoms with van der Waals surface area (Å²) < 4.78 is 12.3. The largest absolute Gasteiger partial charge is 0.494 e. The van der Waals surface area contributed by atoms with Crippen molar-refractivity contribution in [3.63, 3.8) is 0 Å². The molecule has 1 atom stereocenters. The number of nitrogens with zero attached hydrogens (tertiary/aromatic N) is 1. The highest BCUT2D eigenvalue weighted by Crippen LogP contribution is 2.18. The van der Waals surface area contributed by atoms with Crippen LogP contribution < -0.4 is 4.74 Å². The summed E-state index contributed by atoms with van der Waals surface area (Å²) in [5.74, 6) is 1.02. The fourth-order valence-corrected chi connectivity index (χ4v) is 2.95. The number of likely N-dealkylation sites (N-methyl/N-ethyl adjacent to an activating group) is 1. The first-order valence-electron chi connectivity index (χ1n) is 7.96. The lowest BCUT2D eigenvalue weighted by Crippen LogP contribution is -2.37. The Balaban J connectivity index is 1.67. The molecular weight excluding hydrogens is 346 g/mol. The molecule has 0 aliphatic carbocycles. The molecule has 5 heteroatoms. The predicted octanol–water partition coefficient (Wildman–Crippen LogP) is 3.64. The van der Waals surface area contributed by atoms with Crippen molar-refractivity contribution in [2.75, 3.05) is 26.3 Å². The van der Waals surface area contributed by atoms with Crippen LogP contribution >= 0.6 is 15.9 Å². The fourth-order valence-electron chi connectivity index (χ4n) is 2.57. The van der Waals surface area contributed by atoms with E-state index in [1.54, 1.807) is 0 Å². The van der Waals surface area contributed by atoms with Crippen LogP contribution in [0, 0.1) is 0 Å². The van der Waals surface area contributed by atoms with Gasteiger partial charge in [0, 0.05) is 30.6 Å². The molecular formula is C17H24BrNO3. The smallest absolute Gasteiger partial charge is 0.222 e. The van der Waals surface area contributed by atoms with E-state index >= 15 is 0 Å². The lowest BCUT2D eigenvalue weighted by molar-refractivity contribution is -0.132. The highest BCUT2D eigenvalue weighted by molar-refractivity contribution is 9.10. The van der Waals surface area contributed by atoms with Crippen LogP contribution in [0.3, 0.4) is 0 Å². The van der Waals surface area contributed by atoms with Crippen molar-refractivity contribution >= 4 is 21.8 Å². The van der Waals surface area contributed by atoms with E-state index in [0.717, 1.165) is 49.2 Å². The molecule has 0 spiro atoms. The number of halogens is 1. The Hall–Kier alpha value is -1.07. The van der Waals surface area contributed by atoms with Gasteiger partial charge < -0.3 is 14.4 Å². The SMILES string of the molecule is CCN(CC1CCCO1)C(=O)CCCOc1cccc(Br)c1. The van der Waals surface area contributed by atoms with Crippen LogP contribution in [0.5, 0.6) is 5.75 Å². The van der Waals surface area contributed by atoms with Crippen molar-refractivity contribution in [2.24, 2.45) is 0 Å². The summed E-state index contributed by atoms with van der Waals surface area (Å²) in [6, 6.07) is 7.74. The first kappa shape index (κ1) is 17.3. The van der Waals surface area contributed by atoms with Gasteiger partial charge in [-0.3, -0.25) is 4.79 Å². The van der Waals surface area contributed by atoms with Crippen molar-refractivity contribution in [1.82, 2.24) is 4.90 Å². The minimum Gasteiger partial charge on any atom is -0.494 e. The van der Waals surface area contributed by atoms with Crippen LogP contribution in [0.25, 0.3) is 0 Å². The van der Waals surface area contributed by atoms with Crippen molar-refractivity contribution in [2.45, 2.75) is 38.7 Å². The van der Waals surface area contributed by atoms with Crippen LogP contribution in [0.15, 0.2) is 28.7 Å². The number of carbonyl (C=O) groups is 1. The first-order valence-corrected chi connectivity index (χ1v) is 8.76. The Bertz CT molecular complexity index is 475. The van der Waals surface area contributed by atoms with E-state index in [2.05, 4.69) is 15.9 Å². The molecule has 0 saturated carbocycles. The average Bonchev–Trinajstić information content (AvgIpc) is 3.02. The molecule has 1 aromatic carbocycles. The van der Waals surface area contributed by atoms with Crippen molar-refractivity contribution in [1.29, 1.82) is 0 Å². The number of hydrogen-bond acceptors (Lipinski definition) is 3. The monoisotopic (exact) mass is 369 g/mol. The van der Waals surface area contributed by atoms with Crippen LogP contribution in [-0.2, 0) is 9.53 Å². The van der Waals surface area contributed by atoms with Gasteiger partial charge in [-0.15, -0.1) is 0 Å². The predicted molar refractivity (Wildman–Crippen MR) is 90.1 cm³/mol.